The summed E-state index contributed by atoms with van der Waals surface area (Å²) in [6.45, 7) is 0.647. The molecule has 0 unspecified atom stereocenters. The van der Waals surface area contributed by atoms with Gasteiger partial charge in [-0.05, 0) is 24.3 Å². The molecular weight excluding hydrogens is 515 g/mol. The van der Waals surface area contributed by atoms with E-state index in [-0.39, 0.29) is 22.9 Å². The molecule has 3 rings (SSSR count). The maximum atomic E-state index is 14.0. The smallest absolute Gasteiger partial charge is 0.488 e. The predicted octanol–water partition coefficient (Wildman–Crippen LogP) is 4.38. The lowest BCUT2D eigenvalue weighted by atomic mass is 10.2. The SMILES string of the molecule is CS(=O)(=O)NC(=O)c1cc(Cl)c(F)cc1O[C@@H]1CCN(c2ccc(OC(F)(F)F)c(Cl)c2)C1. The minimum absolute atomic E-state index is 0.211. The highest BCUT2D eigenvalue weighted by atomic mass is 35.5. The fraction of sp³-hybridized carbons (Fsp3) is 0.316. The maximum Gasteiger partial charge on any atom is 0.573 e. The highest BCUT2D eigenvalue weighted by Crippen LogP contribution is 2.35. The lowest BCUT2D eigenvalue weighted by Gasteiger charge is -2.21. The number of sulfonamides is 1. The molecule has 1 amide bonds. The molecule has 0 saturated carbocycles. The first-order valence-electron chi connectivity index (χ1n) is 9.20. The number of benzene rings is 2. The monoisotopic (exact) mass is 530 g/mol. The lowest BCUT2D eigenvalue weighted by Crippen LogP contribution is -2.30. The third kappa shape index (κ3) is 6.78. The number of anilines is 1. The Bertz CT molecular complexity index is 1180. The Hall–Kier alpha value is -2.44. The zero-order valence-electron chi connectivity index (χ0n) is 16.7. The molecule has 0 aliphatic carbocycles. The second-order valence-corrected chi connectivity index (χ2v) is 9.67. The highest BCUT2D eigenvalue weighted by Gasteiger charge is 2.33. The Labute approximate surface area is 196 Å². The van der Waals surface area contributed by atoms with E-state index in [0.29, 0.717) is 18.7 Å². The molecule has 1 N–H and O–H groups in total. The van der Waals surface area contributed by atoms with E-state index >= 15 is 0 Å². The van der Waals surface area contributed by atoms with E-state index in [1.165, 1.54) is 12.1 Å². The number of alkyl halides is 3. The molecule has 1 saturated heterocycles. The van der Waals surface area contributed by atoms with Gasteiger partial charge >= 0.3 is 6.36 Å². The van der Waals surface area contributed by atoms with Crippen molar-refractivity contribution in [2.75, 3.05) is 24.2 Å². The number of nitrogens with zero attached hydrogens (tertiary/aromatic N) is 1. The van der Waals surface area contributed by atoms with E-state index < -0.39 is 45.0 Å². The third-order valence-electron chi connectivity index (χ3n) is 4.49. The summed E-state index contributed by atoms with van der Waals surface area (Å²) in [5.41, 5.74) is 0.222. The number of carbonyl (C=O) groups is 1. The molecule has 0 spiro atoms. The molecule has 0 radical (unpaired) electrons. The maximum absolute atomic E-state index is 14.0. The van der Waals surface area contributed by atoms with Crippen LogP contribution in [0.3, 0.4) is 0 Å². The molecule has 2 aromatic rings. The van der Waals surface area contributed by atoms with E-state index in [9.17, 15) is 30.8 Å². The molecule has 1 atom stereocenters. The average molecular weight is 531 g/mol. The topological polar surface area (TPSA) is 84.9 Å². The second kappa shape index (κ2) is 9.43. The van der Waals surface area contributed by atoms with Gasteiger partial charge in [0, 0.05) is 24.7 Å². The summed E-state index contributed by atoms with van der Waals surface area (Å²) in [5, 5.41) is -0.640. The fourth-order valence-electron chi connectivity index (χ4n) is 3.16. The van der Waals surface area contributed by atoms with Crippen LogP contribution >= 0.6 is 23.2 Å². The molecule has 1 fully saturated rings. The minimum atomic E-state index is -4.88. The average Bonchev–Trinajstić information content (AvgIpc) is 3.12. The van der Waals surface area contributed by atoms with Crippen LogP contribution in [0.1, 0.15) is 16.8 Å². The van der Waals surface area contributed by atoms with E-state index in [2.05, 4.69) is 4.74 Å². The van der Waals surface area contributed by atoms with Crippen LogP contribution in [0.4, 0.5) is 23.2 Å². The van der Waals surface area contributed by atoms with Crippen molar-refractivity contribution in [2.45, 2.75) is 18.9 Å². The Morgan fingerprint density at radius 1 is 1.15 bits per heavy atom. The summed E-state index contributed by atoms with van der Waals surface area (Å²) in [4.78, 5) is 14.1. The van der Waals surface area contributed by atoms with Crippen molar-refractivity contribution in [3.05, 3.63) is 51.8 Å². The molecule has 14 heteroatoms. The molecule has 33 heavy (non-hydrogen) atoms. The highest BCUT2D eigenvalue weighted by molar-refractivity contribution is 7.89. The molecule has 1 aliphatic heterocycles. The number of ether oxygens (including phenoxy) is 2. The van der Waals surface area contributed by atoms with E-state index in [1.807, 2.05) is 0 Å². The number of amides is 1. The van der Waals surface area contributed by atoms with Crippen molar-refractivity contribution < 1.29 is 40.2 Å². The van der Waals surface area contributed by atoms with Gasteiger partial charge in [-0.2, -0.15) is 0 Å². The van der Waals surface area contributed by atoms with E-state index in [1.54, 1.807) is 9.62 Å². The number of rotatable bonds is 6. The molecule has 1 aliphatic rings. The van der Waals surface area contributed by atoms with Gasteiger partial charge in [-0.1, -0.05) is 23.2 Å². The minimum Gasteiger partial charge on any atom is -0.488 e. The van der Waals surface area contributed by atoms with Crippen molar-refractivity contribution >= 4 is 44.8 Å². The number of halogens is 6. The Balaban J connectivity index is 1.76. The van der Waals surface area contributed by atoms with E-state index in [4.69, 9.17) is 27.9 Å². The molecule has 1 heterocycles. The van der Waals surface area contributed by atoms with Crippen molar-refractivity contribution in [3.8, 4) is 11.5 Å². The van der Waals surface area contributed by atoms with Gasteiger partial charge in [0.05, 0.1) is 28.4 Å². The van der Waals surface area contributed by atoms with Crippen molar-refractivity contribution in [2.24, 2.45) is 0 Å². The number of carbonyl (C=O) groups excluding carboxylic acids is 1. The normalized spacial score (nSPS) is 16.6. The summed E-state index contributed by atoms with van der Waals surface area (Å²) in [6, 6.07) is 5.61. The molecule has 0 aromatic heterocycles. The number of hydrogen-bond donors (Lipinski definition) is 1. The van der Waals surface area contributed by atoms with Crippen molar-refractivity contribution in [3.63, 3.8) is 0 Å². The van der Waals surface area contributed by atoms with Gasteiger partial charge in [-0.3, -0.25) is 4.79 Å². The fourth-order valence-corrected chi connectivity index (χ4v) is 3.98. The van der Waals surface area contributed by atoms with Gasteiger partial charge in [-0.25, -0.2) is 17.5 Å². The first-order chi connectivity index (χ1) is 15.2. The van der Waals surface area contributed by atoms with Crippen LogP contribution in [-0.2, 0) is 10.0 Å². The van der Waals surface area contributed by atoms with Gasteiger partial charge in [0.15, 0.2) is 0 Å². The van der Waals surface area contributed by atoms with Gasteiger partial charge in [0.2, 0.25) is 10.0 Å². The summed E-state index contributed by atoms with van der Waals surface area (Å²) >= 11 is 11.6. The van der Waals surface area contributed by atoms with Crippen LogP contribution in [0.15, 0.2) is 30.3 Å². The van der Waals surface area contributed by atoms with Crippen LogP contribution in [-0.4, -0.2) is 46.1 Å². The predicted molar refractivity (Wildman–Crippen MR) is 113 cm³/mol. The third-order valence-corrected chi connectivity index (χ3v) is 5.63. The number of nitrogens with one attached hydrogen (secondary N) is 1. The van der Waals surface area contributed by atoms with Crippen molar-refractivity contribution in [1.29, 1.82) is 0 Å². The Morgan fingerprint density at radius 2 is 1.85 bits per heavy atom. The quantitative estimate of drug-likeness (QED) is 0.558. The first-order valence-corrected chi connectivity index (χ1v) is 11.8. The molecular formula is C19H16Cl2F4N2O5S. The molecule has 0 bridgehead atoms. The standard InChI is InChI=1S/C19H16Cl2F4N2O5S/c1-33(29,30)26-18(28)12-7-13(20)15(22)8-17(12)31-11-4-5-27(9-11)10-2-3-16(14(21)6-10)32-19(23,24)25/h2-3,6-8,11H,4-5,9H2,1H3,(H,26,28)/t11-/m1/s1. The van der Waals surface area contributed by atoms with Crippen LogP contribution in [0.2, 0.25) is 10.0 Å². The van der Waals surface area contributed by atoms with Crippen LogP contribution in [0.5, 0.6) is 11.5 Å². The number of hydrogen-bond acceptors (Lipinski definition) is 6. The Kier molecular flexibility index (Phi) is 7.20. The van der Waals surface area contributed by atoms with Gasteiger partial charge in [0.25, 0.3) is 5.91 Å². The molecule has 7 nitrogen and oxygen atoms in total. The van der Waals surface area contributed by atoms with Crippen LogP contribution in [0, 0.1) is 5.82 Å². The largest absolute Gasteiger partial charge is 0.573 e. The zero-order valence-corrected chi connectivity index (χ0v) is 19.1. The Morgan fingerprint density at radius 3 is 2.45 bits per heavy atom. The van der Waals surface area contributed by atoms with Gasteiger partial charge < -0.3 is 14.4 Å². The first kappa shape index (κ1) is 25.2. The zero-order chi connectivity index (χ0) is 24.6. The van der Waals surface area contributed by atoms with Crippen LogP contribution < -0.4 is 19.1 Å². The summed E-state index contributed by atoms with van der Waals surface area (Å²) in [7, 11) is -3.90. The summed E-state index contributed by atoms with van der Waals surface area (Å²) < 4.78 is 85.3. The van der Waals surface area contributed by atoms with E-state index in [0.717, 1.165) is 24.5 Å². The summed E-state index contributed by atoms with van der Waals surface area (Å²) in [5.74, 6) is -2.67. The van der Waals surface area contributed by atoms with Gasteiger partial charge in [0.1, 0.15) is 23.4 Å². The molecule has 180 valence electrons. The van der Waals surface area contributed by atoms with Gasteiger partial charge in [-0.15, -0.1) is 13.2 Å². The molecule has 2 aromatic carbocycles. The van der Waals surface area contributed by atoms with Crippen LogP contribution in [0.25, 0.3) is 0 Å². The lowest BCUT2D eigenvalue weighted by molar-refractivity contribution is -0.274. The summed E-state index contributed by atoms with van der Waals surface area (Å²) in [6.07, 6.45) is -4.25. The van der Waals surface area contributed by atoms with Crippen molar-refractivity contribution in [1.82, 2.24) is 4.72 Å². The second-order valence-electron chi connectivity index (χ2n) is 7.10.